The maximum Gasteiger partial charge on any atom is 0.137 e. The predicted octanol–water partition coefficient (Wildman–Crippen LogP) is 3.86. The second-order valence-corrected chi connectivity index (χ2v) is 5.57. The summed E-state index contributed by atoms with van der Waals surface area (Å²) in [6, 6.07) is 7.42. The third kappa shape index (κ3) is 3.94. The Kier molecular flexibility index (Phi) is 5.22. The first kappa shape index (κ1) is 14.3. The fourth-order valence-corrected chi connectivity index (χ4v) is 1.99. The highest BCUT2D eigenvalue weighted by Gasteiger charge is 2.09. The Hall–Kier alpha value is -1.07. The van der Waals surface area contributed by atoms with Crippen LogP contribution in [0.15, 0.2) is 30.5 Å². The van der Waals surface area contributed by atoms with Crippen molar-refractivity contribution in [2.24, 2.45) is 0 Å². The van der Waals surface area contributed by atoms with E-state index >= 15 is 0 Å². The molecule has 19 heavy (non-hydrogen) atoms. The summed E-state index contributed by atoms with van der Waals surface area (Å²) in [6.07, 6.45) is 2.91. The maximum absolute atomic E-state index is 6.00. The van der Waals surface area contributed by atoms with E-state index in [2.05, 4.69) is 33.2 Å². The largest absolute Gasteiger partial charge is 0.490 e. The number of hydrogen-bond acceptors (Lipinski definition) is 3. The van der Waals surface area contributed by atoms with Crippen molar-refractivity contribution in [1.82, 2.24) is 15.0 Å². The van der Waals surface area contributed by atoms with E-state index in [4.69, 9.17) is 16.3 Å². The first-order chi connectivity index (χ1) is 9.20. The first-order valence-corrected chi connectivity index (χ1v) is 7.41. The van der Waals surface area contributed by atoms with E-state index in [1.807, 2.05) is 24.4 Å². The molecular formula is C13H15BrClN3O. The molecule has 6 heteroatoms. The van der Waals surface area contributed by atoms with Gasteiger partial charge >= 0.3 is 0 Å². The van der Waals surface area contributed by atoms with E-state index in [9.17, 15) is 0 Å². The minimum Gasteiger partial charge on any atom is -0.490 e. The number of aromatic nitrogens is 3. The number of hydrogen-bond donors (Lipinski definition) is 0. The fraction of sp³-hybridized carbons (Fsp3) is 0.385. The summed E-state index contributed by atoms with van der Waals surface area (Å²) in [5, 5.41) is 8.80. The summed E-state index contributed by atoms with van der Waals surface area (Å²) < 4.78 is 7.38. The van der Waals surface area contributed by atoms with Crippen molar-refractivity contribution in [1.29, 1.82) is 0 Å². The lowest BCUT2D eigenvalue weighted by Gasteiger charge is -2.07. The van der Waals surface area contributed by atoms with Gasteiger partial charge in [0.25, 0.3) is 0 Å². The average Bonchev–Trinajstić information content (AvgIpc) is 2.89. The molecule has 0 saturated heterocycles. The van der Waals surface area contributed by atoms with Crippen molar-refractivity contribution in [3.63, 3.8) is 0 Å². The Morgan fingerprint density at radius 1 is 1.42 bits per heavy atom. The lowest BCUT2D eigenvalue weighted by molar-refractivity contribution is 0.290. The molecular weight excluding hydrogens is 330 g/mol. The van der Waals surface area contributed by atoms with E-state index < -0.39 is 0 Å². The van der Waals surface area contributed by atoms with Gasteiger partial charge in [0.1, 0.15) is 12.4 Å². The molecule has 0 aliphatic rings. The van der Waals surface area contributed by atoms with Crippen LogP contribution in [-0.4, -0.2) is 21.6 Å². The van der Waals surface area contributed by atoms with Gasteiger partial charge in [0.2, 0.25) is 0 Å². The van der Waals surface area contributed by atoms with Crippen molar-refractivity contribution >= 4 is 27.5 Å². The Balaban J connectivity index is 1.86. The van der Waals surface area contributed by atoms with Crippen molar-refractivity contribution in [2.75, 3.05) is 6.61 Å². The van der Waals surface area contributed by atoms with Crippen LogP contribution in [0.1, 0.15) is 23.9 Å². The number of ether oxygens (including phenoxy) is 1. The van der Waals surface area contributed by atoms with Gasteiger partial charge in [-0.3, -0.25) is 0 Å². The molecule has 2 rings (SSSR count). The van der Waals surface area contributed by atoms with E-state index in [0.717, 1.165) is 12.1 Å². The standard InChI is InChI=1S/C13H15BrClN3O/c1-2-10(14)12-9-18(17-16-12)7-8-19-13-6-4-3-5-11(13)15/h3-6,9-10H,2,7-8H2,1H3. The SMILES string of the molecule is CCC(Br)c1cn(CCOc2ccccc2Cl)nn1. The monoisotopic (exact) mass is 343 g/mol. The molecule has 0 saturated carbocycles. The molecule has 2 aromatic rings. The summed E-state index contributed by atoms with van der Waals surface area (Å²) in [5.41, 5.74) is 0.945. The van der Waals surface area contributed by atoms with E-state index in [1.165, 1.54) is 0 Å². The minimum atomic E-state index is 0.255. The molecule has 1 unspecified atom stereocenters. The van der Waals surface area contributed by atoms with Crippen LogP contribution in [0.3, 0.4) is 0 Å². The van der Waals surface area contributed by atoms with Gasteiger partial charge in [0.15, 0.2) is 0 Å². The summed E-state index contributed by atoms with van der Waals surface area (Å²) in [4.78, 5) is 0.255. The Morgan fingerprint density at radius 2 is 2.21 bits per heavy atom. The fourth-order valence-electron chi connectivity index (χ4n) is 1.59. The smallest absolute Gasteiger partial charge is 0.137 e. The van der Waals surface area contributed by atoms with Crippen molar-refractivity contribution in [2.45, 2.75) is 24.7 Å². The van der Waals surface area contributed by atoms with Crippen molar-refractivity contribution in [3.05, 3.63) is 41.2 Å². The van der Waals surface area contributed by atoms with Crippen LogP contribution >= 0.6 is 27.5 Å². The van der Waals surface area contributed by atoms with Gasteiger partial charge in [-0.25, -0.2) is 4.68 Å². The van der Waals surface area contributed by atoms with Crippen LogP contribution in [0.2, 0.25) is 5.02 Å². The third-order valence-electron chi connectivity index (χ3n) is 2.65. The molecule has 0 fully saturated rings. The second-order valence-electron chi connectivity index (χ2n) is 4.06. The molecule has 0 amide bonds. The van der Waals surface area contributed by atoms with Gasteiger partial charge < -0.3 is 4.74 Å². The van der Waals surface area contributed by atoms with Gasteiger partial charge in [-0.2, -0.15) is 0 Å². The first-order valence-electron chi connectivity index (χ1n) is 6.12. The number of rotatable bonds is 6. The molecule has 1 heterocycles. The molecule has 0 spiro atoms. The van der Waals surface area contributed by atoms with Gasteiger partial charge in [-0.15, -0.1) is 5.10 Å². The summed E-state index contributed by atoms with van der Waals surface area (Å²) in [5.74, 6) is 0.691. The maximum atomic E-state index is 6.00. The Labute approximate surface area is 125 Å². The van der Waals surface area contributed by atoms with Crippen molar-refractivity contribution < 1.29 is 4.74 Å². The van der Waals surface area contributed by atoms with Crippen LogP contribution in [0.4, 0.5) is 0 Å². The summed E-state index contributed by atoms with van der Waals surface area (Å²) in [7, 11) is 0. The summed E-state index contributed by atoms with van der Waals surface area (Å²) in [6.45, 7) is 3.24. The highest BCUT2D eigenvalue weighted by atomic mass is 79.9. The van der Waals surface area contributed by atoms with E-state index in [1.54, 1.807) is 10.7 Å². The van der Waals surface area contributed by atoms with Gasteiger partial charge in [-0.05, 0) is 18.6 Å². The number of nitrogens with zero attached hydrogens (tertiary/aromatic N) is 3. The molecule has 102 valence electrons. The topological polar surface area (TPSA) is 39.9 Å². The lowest BCUT2D eigenvalue weighted by atomic mass is 10.3. The molecule has 4 nitrogen and oxygen atoms in total. The van der Waals surface area contributed by atoms with Crippen LogP contribution in [0, 0.1) is 0 Å². The minimum absolute atomic E-state index is 0.255. The molecule has 0 N–H and O–H groups in total. The van der Waals surface area contributed by atoms with Gasteiger partial charge in [0.05, 0.1) is 22.1 Å². The average molecular weight is 345 g/mol. The molecule has 1 atom stereocenters. The Morgan fingerprint density at radius 3 is 2.95 bits per heavy atom. The van der Waals surface area contributed by atoms with Crippen LogP contribution in [-0.2, 0) is 6.54 Å². The zero-order chi connectivity index (χ0) is 13.7. The van der Waals surface area contributed by atoms with Gasteiger partial charge in [-0.1, -0.05) is 51.8 Å². The zero-order valence-corrected chi connectivity index (χ0v) is 12.9. The normalized spacial score (nSPS) is 12.4. The van der Waals surface area contributed by atoms with E-state index in [-0.39, 0.29) is 4.83 Å². The predicted molar refractivity (Wildman–Crippen MR) is 78.9 cm³/mol. The van der Waals surface area contributed by atoms with E-state index in [0.29, 0.717) is 23.9 Å². The Bertz CT molecular complexity index is 532. The lowest BCUT2D eigenvalue weighted by Crippen LogP contribution is -2.08. The quantitative estimate of drug-likeness (QED) is 0.747. The number of alkyl halides is 1. The molecule has 0 radical (unpaired) electrons. The molecule has 0 aliphatic carbocycles. The van der Waals surface area contributed by atoms with Gasteiger partial charge in [0, 0.05) is 6.20 Å². The van der Waals surface area contributed by atoms with Crippen molar-refractivity contribution in [3.8, 4) is 5.75 Å². The molecule has 1 aromatic carbocycles. The number of benzene rings is 1. The van der Waals surface area contributed by atoms with Crippen LogP contribution < -0.4 is 4.74 Å². The molecule has 0 aliphatic heterocycles. The number of halogens is 2. The number of para-hydroxylation sites is 1. The highest BCUT2D eigenvalue weighted by molar-refractivity contribution is 9.09. The second kappa shape index (κ2) is 6.91. The van der Waals surface area contributed by atoms with Crippen LogP contribution in [0.25, 0.3) is 0 Å². The van der Waals surface area contributed by atoms with Crippen LogP contribution in [0.5, 0.6) is 5.75 Å². The zero-order valence-electron chi connectivity index (χ0n) is 10.6. The highest BCUT2D eigenvalue weighted by Crippen LogP contribution is 2.24. The molecule has 0 bridgehead atoms. The third-order valence-corrected chi connectivity index (χ3v) is 4.08. The molecule has 1 aromatic heterocycles. The summed E-state index contributed by atoms with van der Waals surface area (Å²) >= 11 is 9.55.